The van der Waals surface area contributed by atoms with Gasteiger partial charge in [-0.05, 0) is 62.4 Å². The summed E-state index contributed by atoms with van der Waals surface area (Å²) in [6.07, 6.45) is 1.59. The minimum atomic E-state index is -0.467. The molecule has 40 heavy (non-hydrogen) atoms. The van der Waals surface area contributed by atoms with Gasteiger partial charge in [0.15, 0.2) is 0 Å². The second kappa shape index (κ2) is 13.4. The van der Waals surface area contributed by atoms with Crippen LogP contribution in [0.15, 0.2) is 71.8 Å². The summed E-state index contributed by atoms with van der Waals surface area (Å²) in [7, 11) is 1.59. The van der Waals surface area contributed by atoms with Gasteiger partial charge in [0, 0.05) is 35.1 Å². The third-order valence-electron chi connectivity index (χ3n) is 5.28. The van der Waals surface area contributed by atoms with Crippen molar-refractivity contribution >= 4 is 41.1 Å². The number of hydrogen-bond donors (Lipinski definition) is 3. The number of ether oxygens (including phenoxy) is 3. The molecule has 13 heteroatoms. The van der Waals surface area contributed by atoms with Crippen LogP contribution in [0, 0.1) is 10.1 Å². The molecule has 0 aliphatic rings. The molecule has 4 rings (SSSR count). The molecule has 13 nitrogen and oxygen atoms in total. The molecule has 0 radical (unpaired) electrons. The van der Waals surface area contributed by atoms with E-state index in [-0.39, 0.29) is 23.5 Å². The molecule has 0 aliphatic carbocycles. The molecule has 0 unspecified atom stereocenters. The van der Waals surface area contributed by atoms with Gasteiger partial charge in [0.25, 0.3) is 5.69 Å². The number of nitrogens with one attached hydrogen (secondary N) is 3. The lowest BCUT2D eigenvalue weighted by Gasteiger charge is -2.11. The Bertz CT molecular complexity index is 1460. The van der Waals surface area contributed by atoms with Gasteiger partial charge in [-0.2, -0.15) is 20.1 Å². The predicted octanol–water partition coefficient (Wildman–Crippen LogP) is 5.52. The van der Waals surface area contributed by atoms with Crippen LogP contribution in [0.5, 0.6) is 17.2 Å². The van der Waals surface area contributed by atoms with E-state index in [2.05, 4.69) is 36.1 Å². The Morgan fingerprint density at radius 3 is 1.98 bits per heavy atom. The lowest BCUT2D eigenvalue weighted by atomic mass is 10.2. The monoisotopic (exact) mass is 544 g/mol. The van der Waals surface area contributed by atoms with Gasteiger partial charge in [-0.15, -0.1) is 0 Å². The molecule has 0 spiro atoms. The number of nitrogens with zero attached hydrogens (tertiary/aromatic N) is 5. The van der Waals surface area contributed by atoms with Gasteiger partial charge in [0.1, 0.15) is 17.2 Å². The number of hydrazone groups is 1. The Morgan fingerprint density at radius 2 is 1.40 bits per heavy atom. The van der Waals surface area contributed by atoms with Crippen molar-refractivity contribution in [3.8, 4) is 17.2 Å². The van der Waals surface area contributed by atoms with Crippen molar-refractivity contribution in [2.24, 2.45) is 5.10 Å². The molecule has 0 saturated carbocycles. The number of nitro benzene ring substituents is 1. The van der Waals surface area contributed by atoms with Gasteiger partial charge in [0.05, 0.1) is 31.5 Å². The molecule has 0 amide bonds. The van der Waals surface area contributed by atoms with Crippen LogP contribution in [0.2, 0.25) is 0 Å². The first-order valence-corrected chi connectivity index (χ1v) is 12.3. The molecule has 3 N–H and O–H groups in total. The van der Waals surface area contributed by atoms with E-state index in [0.29, 0.717) is 36.1 Å². The van der Waals surface area contributed by atoms with Crippen LogP contribution in [0.1, 0.15) is 19.4 Å². The standard InChI is InChI=1S/C27H28N8O5/c1-4-39-23-13-6-18(24(16-23)40-5-2)17-28-34-27-32-25(29-19-7-11-21(12-8-19)35(36)37)31-26(33-27)30-20-9-14-22(38-3)15-10-20/h6-17H,4-5H2,1-3H3,(H3,29,30,31,32,33,34). The fourth-order valence-electron chi connectivity index (χ4n) is 3.45. The summed E-state index contributed by atoms with van der Waals surface area (Å²) in [4.78, 5) is 23.7. The molecule has 4 aromatic rings. The highest BCUT2D eigenvalue weighted by Gasteiger charge is 2.10. The number of aromatic nitrogens is 3. The Kier molecular flexibility index (Phi) is 9.22. The number of methoxy groups -OCH3 is 1. The first-order valence-electron chi connectivity index (χ1n) is 12.3. The second-order valence-electron chi connectivity index (χ2n) is 8.02. The number of anilines is 5. The van der Waals surface area contributed by atoms with Crippen molar-refractivity contribution in [1.29, 1.82) is 0 Å². The average molecular weight is 545 g/mol. The Hall–Kier alpha value is -5.46. The zero-order valence-corrected chi connectivity index (χ0v) is 22.1. The Morgan fingerprint density at radius 1 is 0.825 bits per heavy atom. The van der Waals surface area contributed by atoms with E-state index < -0.39 is 4.92 Å². The molecule has 0 atom stereocenters. The Labute approximate surface area is 230 Å². The first kappa shape index (κ1) is 27.6. The second-order valence-corrected chi connectivity index (χ2v) is 8.02. The summed E-state index contributed by atoms with van der Waals surface area (Å²) in [5.41, 5.74) is 4.80. The largest absolute Gasteiger partial charge is 0.497 e. The maximum absolute atomic E-state index is 11.0. The summed E-state index contributed by atoms with van der Waals surface area (Å²) in [5, 5.41) is 21.4. The minimum Gasteiger partial charge on any atom is -0.497 e. The minimum absolute atomic E-state index is 0.0273. The summed E-state index contributed by atoms with van der Waals surface area (Å²) in [6.45, 7) is 4.84. The van der Waals surface area contributed by atoms with Crippen molar-refractivity contribution in [2.75, 3.05) is 36.4 Å². The van der Waals surface area contributed by atoms with E-state index in [9.17, 15) is 10.1 Å². The van der Waals surface area contributed by atoms with Crippen molar-refractivity contribution in [1.82, 2.24) is 15.0 Å². The average Bonchev–Trinajstić information content (AvgIpc) is 2.95. The maximum Gasteiger partial charge on any atom is 0.269 e. The van der Waals surface area contributed by atoms with Crippen LogP contribution in [-0.4, -0.2) is 46.4 Å². The number of rotatable bonds is 13. The van der Waals surface area contributed by atoms with E-state index in [0.717, 1.165) is 11.3 Å². The zero-order valence-electron chi connectivity index (χ0n) is 22.1. The number of non-ortho nitro benzene ring substituents is 1. The molecule has 3 aromatic carbocycles. The van der Waals surface area contributed by atoms with Gasteiger partial charge in [-0.25, -0.2) is 5.43 Å². The van der Waals surface area contributed by atoms with Gasteiger partial charge in [-0.1, -0.05) is 0 Å². The highest BCUT2D eigenvalue weighted by Crippen LogP contribution is 2.25. The molecule has 0 aliphatic heterocycles. The van der Waals surface area contributed by atoms with Crippen LogP contribution in [0.25, 0.3) is 0 Å². The fourth-order valence-corrected chi connectivity index (χ4v) is 3.45. The van der Waals surface area contributed by atoms with Crippen molar-refractivity contribution in [3.05, 3.63) is 82.4 Å². The Balaban J connectivity index is 1.58. The molecule has 1 heterocycles. The molecular weight excluding hydrogens is 516 g/mol. The highest BCUT2D eigenvalue weighted by molar-refractivity contribution is 5.84. The SMILES string of the molecule is CCOc1ccc(C=NNc2nc(Nc3ccc(OC)cc3)nc(Nc3ccc([N+](=O)[O-])cc3)n2)c(OCC)c1. The third-order valence-corrected chi connectivity index (χ3v) is 5.28. The highest BCUT2D eigenvalue weighted by atomic mass is 16.6. The van der Waals surface area contributed by atoms with Crippen molar-refractivity contribution < 1.29 is 19.1 Å². The zero-order chi connectivity index (χ0) is 28.3. The van der Waals surface area contributed by atoms with Gasteiger partial charge >= 0.3 is 0 Å². The lowest BCUT2D eigenvalue weighted by Crippen LogP contribution is -2.07. The van der Waals surface area contributed by atoms with E-state index in [1.54, 1.807) is 43.7 Å². The molecule has 1 aromatic heterocycles. The third kappa shape index (κ3) is 7.54. The lowest BCUT2D eigenvalue weighted by molar-refractivity contribution is -0.384. The summed E-state index contributed by atoms with van der Waals surface area (Å²) in [5.74, 6) is 2.60. The number of hydrogen-bond acceptors (Lipinski definition) is 12. The number of nitro groups is 1. The van der Waals surface area contributed by atoms with Crippen LogP contribution in [0.4, 0.5) is 34.9 Å². The fraction of sp³-hybridized carbons (Fsp3) is 0.185. The van der Waals surface area contributed by atoms with Crippen LogP contribution in [0.3, 0.4) is 0 Å². The van der Waals surface area contributed by atoms with Crippen LogP contribution >= 0.6 is 0 Å². The van der Waals surface area contributed by atoms with Crippen molar-refractivity contribution in [2.45, 2.75) is 13.8 Å². The van der Waals surface area contributed by atoms with Gasteiger partial charge in [0.2, 0.25) is 17.8 Å². The molecule has 0 saturated heterocycles. The molecule has 206 valence electrons. The van der Waals surface area contributed by atoms with Crippen LogP contribution in [-0.2, 0) is 0 Å². The van der Waals surface area contributed by atoms with Gasteiger partial charge in [-0.3, -0.25) is 10.1 Å². The maximum atomic E-state index is 11.0. The van der Waals surface area contributed by atoms with E-state index in [1.807, 2.05) is 38.1 Å². The van der Waals surface area contributed by atoms with Crippen LogP contribution < -0.4 is 30.3 Å². The molecule has 0 bridgehead atoms. The first-order chi connectivity index (χ1) is 19.5. The summed E-state index contributed by atoms with van der Waals surface area (Å²) >= 11 is 0. The predicted molar refractivity (Wildman–Crippen MR) is 152 cm³/mol. The molecular formula is C27H28N8O5. The smallest absolute Gasteiger partial charge is 0.269 e. The number of benzene rings is 3. The topological polar surface area (TPSA) is 158 Å². The van der Waals surface area contributed by atoms with Crippen molar-refractivity contribution in [3.63, 3.8) is 0 Å². The quantitative estimate of drug-likeness (QED) is 0.111. The van der Waals surface area contributed by atoms with Gasteiger partial charge < -0.3 is 24.8 Å². The summed E-state index contributed by atoms with van der Waals surface area (Å²) in [6, 6.07) is 18.6. The van der Waals surface area contributed by atoms with E-state index >= 15 is 0 Å². The molecule has 0 fully saturated rings. The van der Waals surface area contributed by atoms with E-state index in [1.165, 1.54) is 12.1 Å². The normalized spacial score (nSPS) is 10.7. The van der Waals surface area contributed by atoms with E-state index in [4.69, 9.17) is 14.2 Å². The summed E-state index contributed by atoms with van der Waals surface area (Å²) < 4.78 is 16.5.